The van der Waals surface area contributed by atoms with E-state index in [1.54, 1.807) is 18.5 Å². The van der Waals surface area contributed by atoms with Crippen LogP contribution in [-0.4, -0.2) is 21.9 Å². The third-order valence-electron chi connectivity index (χ3n) is 2.02. The van der Waals surface area contributed by atoms with E-state index in [9.17, 15) is 10.1 Å². The van der Waals surface area contributed by atoms with Crippen molar-refractivity contribution in [3.8, 4) is 10.6 Å². The minimum Gasteiger partial charge on any atom is -0.357 e. The van der Waals surface area contributed by atoms with Crippen molar-refractivity contribution >= 4 is 34.6 Å². The molecular formula is C9H7ClN4O2S. The summed E-state index contributed by atoms with van der Waals surface area (Å²) >= 11 is 7.25. The van der Waals surface area contributed by atoms with Gasteiger partial charge in [0.1, 0.15) is 6.20 Å². The van der Waals surface area contributed by atoms with Gasteiger partial charge < -0.3 is 5.32 Å². The van der Waals surface area contributed by atoms with Crippen molar-refractivity contribution in [1.29, 1.82) is 0 Å². The van der Waals surface area contributed by atoms with Gasteiger partial charge in [-0.1, -0.05) is 11.6 Å². The summed E-state index contributed by atoms with van der Waals surface area (Å²) in [7, 11) is 1.64. The van der Waals surface area contributed by atoms with Crippen LogP contribution in [0.5, 0.6) is 0 Å². The number of hydrogen-bond donors (Lipinski definition) is 1. The van der Waals surface area contributed by atoms with Crippen molar-refractivity contribution in [2.75, 3.05) is 12.4 Å². The Balaban J connectivity index is 2.65. The lowest BCUT2D eigenvalue weighted by Gasteiger charge is -2.03. The van der Waals surface area contributed by atoms with Gasteiger partial charge in [-0.3, -0.25) is 10.1 Å². The monoisotopic (exact) mass is 270 g/mol. The molecule has 2 aromatic heterocycles. The van der Waals surface area contributed by atoms with Gasteiger partial charge in [-0.25, -0.2) is 9.97 Å². The molecule has 1 N–H and O–H groups in total. The van der Waals surface area contributed by atoms with E-state index < -0.39 is 4.92 Å². The second kappa shape index (κ2) is 4.64. The van der Waals surface area contributed by atoms with Crippen LogP contribution in [0.3, 0.4) is 0 Å². The molecule has 17 heavy (non-hydrogen) atoms. The van der Waals surface area contributed by atoms with E-state index in [0.717, 1.165) is 0 Å². The Morgan fingerprint density at radius 3 is 2.88 bits per heavy atom. The van der Waals surface area contributed by atoms with Gasteiger partial charge in [0.2, 0.25) is 5.95 Å². The minimum atomic E-state index is -0.523. The Bertz CT molecular complexity index is 572. The zero-order valence-electron chi connectivity index (χ0n) is 8.68. The summed E-state index contributed by atoms with van der Waals surface area (Å²) in [6, 6.07) is 1.67. The average molecular weight is 271 g/mol. The van der Waals surface area contributed by atoms with E-state index >= 15 is 0 Å². The molecule has 8 heteroatoms. The molecule has 88 valence electrons. The molecule has 2 heterocycles. The van der Waals surface area contributed by atoms with Crippen LogP contribution >= 0.6 is 22.9 Å². The second-order valence-corrected chi connectivity index (χ2v) is 4.36. The van der Waals surface area contributed by atoms with Crippen molar-refractivity contribution in [1.82, 2.24) is 9.97 Å². The third-order valence-corrected chi connectivity index (χ3v) is 3.37. The van der Waals surface area contributed by atoms with Crippen LogP contribution in [0.4, 0.5) is 11.6 Å². The molecule has 0 bridgehead atoms. The topological polar surface area (TPSA) is 81.0 Å². The van der Waals surface area contributed by atoms with Crippen molar-refractivity contribution in [3.63, 3.8) is 0 Å². The summed E-state index contributed by atoms with van der Waals surface area (Å²) in [4.78, 5) is 18.8. The Morgan fingerprint density at radius 2 is 2.35 bits per heavy atom. The lowest BCUT2D eigenvalue weighted by atomic mass is 10.3. The second-order valence-electron chi connectivity index (χ2n) is 3.03. The quantitative estimate of drug-likeness (QED) is 0.685. The van der Waals surface area contributed by atoms with Gasteiger partial charge in [0.25, 0.3) is 0 Å². The zero-order valence-corrected chi connectivity index (χ0v) is 10.2. The predicted molar refractivity (Wildman–Crippen MR) is 66.6 cm³/mol. The number of rotatable bonds is 3. The van der Waals surface area contributed by atoms with E-state index in [1.165, 1.54) is 17.5 Å². The van der Waals surface area contributed by atoms with Crippen LogP contribution in [0.2, 0.25) is 5.02 Å². The first-order chi connectivity index (χ1) is 8.13. The number of hydrogen-bond acceptors (Lipinski definition) is 6. The van der Waals surface area contributed by atoms with Crippen LogP contribution in [0.25, 0.3) is 10.6 Å². The fourth-order valence-electron chi connectivity index (χ4n) is 1.26. The first-order valence-corrected chi connectivity index (χ1v) is 5.81. The van der Waals surface area contributed by atoms with Crippen LogP contribution in [0.1, 0.15) is 0 Å². The molecule has 0 saturated carbocycles. The molecule has 0 spiro atoms. The fraction of sp³-hybridized carbons (Fsp3) is 0.111. The highest BCUT2D eigenvalue weighted by atomic mass is 35.5. The maximum absolute atomic E-state index is 10.9. The van der Waals surface area contributed by atoms with Crippen molar-refractivity contribution in [3.05, 3.63) is 32.8 Å². The third kappa shape index (κ3) is 2.20. The molecule has 0 fully saturated rings. The van der Waals surface area contributed by atoms with Gasteiger partial charge in [-0.2, -0.15) is 0 Å². The van der Waals surface area contributed by atoms with Gasteiger partial charge in [-0.15, -0.1) is 11.3 Å². The summed E-state index contributed by atoms with van der Waals surface area (Å²) in [5.74, 6) is 0.315. The Kier molecular flexibility index (Phi) is 3.21. The molecule has 0 unspecified atom stereocenters. The normalized spacial score (nSPS) is 10.2. The number of nitrogens with zero attached hydrogens (tertiary/aromatic N) is 3. The van der Waals surface area contributed by atoms with Gasteiger partial charge in [0.15, 0.2) is 5.69 Å². The summed E-state index contributed by atoms with van der Waals surface area (Å²) in [5, 5.41) is 15.8. The standard InChI is InChI=1S/C9H7ClN4O2S/c1-11-9-12-4-6(14(15)16)7(13-9)8-5(10)2-3-17-8/h2-4H,1H3,(H,11,12,13). The number of halogens is 1. The van der Waals surface area contributed by atoms with E-state index in [0.29, 0.717) is 15.8 Å². The highest BCUT2D eigenvalue weighted by Gasteiger charge is 2.21. The first kappa shape index (κ1) is 11.7. The molecule has 0 radical (unpaired) electrons. The summed E-state index contributed by atoms with van der Waals surface area (Å²) in [6.07, 6.45) is 1.17. The predicted octanol–water partition coefficient (Wildman–Crippen LogP) is 2.81. The molecule has 0 aliphatic heterocycles. The van der Waals surface area contributed by atoms with Crippen molar-refractivity contribution in [2.24, 2.45) is 0 Å². The van der Waals surface area contributed by atoms with E-state index in [-0.39, 0.29) is 11.4 Å². The van der Waals surface area contributed by atoms with Crippen LogP contribution in [0.15, 0.2) is 17.6 Å². The average Bonchev–Trinajstić information content (AvgIpc) is 2.74. The number of nitro groups is 1. The summed E-state index contributed by atoms with van der Waals surface area (Å²) in [6.45, 7) is 0. The number of anilines is 1. The maximum atomic E-state index is 10.9. The lowest BCUT2D eigenvalue weighted by molar-refractivity contribution is -0.384. The molecule has 0 amide bonds. The zero-order chi connectivity index (χ0) is 12.4. The molecule has 0 saturated heterocycles. The number of aromatic nitrogens is 2. The maximum Gasteiger partial charge on any atom is 0.314 e. The highest BCUT2D eigenvalue weighted by Crippen LogP contribution is 2.37. The first-order valence-electron chi connectivity index (χ1n) is 4.56. The molecule has 0 aromatic carbocycles. The molecular weight excluding hydrogens is 264 g/mol. The van der Waals surface area contributed by atoms with Crippen LogP contribution in [-0.2, 0) is 0 Å². The Hall–Kier alpha value is -1.73. The molecule has 0 aliphatic rings. The van der Waals surface area contributed by atoms with Gasteiger partial charge in [0, 0.05) is 7.05 Å². The largest absolute Gasteiger partial charge is 0.357 e. The summed E-state index contributed by atoms with van der Waals surface area (Å²) < 4.78 is 0. The van der Waals surface area contributed by atoms with Gasteiger partial charge >= 0.3 is 5.69 Å². The molecule has 0 atom stereocenters. The molecule has 2 aromatic rings. The molecule has 2 rings (SSSR count). The van der Waals surface area contributed by atoms with Crippen molar-refractivity contribution in [2.45, 2.75) is 0 Å². The van der Waals surface area contributed by atoms with Gasteiger partial charge in [0.05, 0.1) is 14.8 Å². The SMILES string of the molecule is CNc1ncc([N+](=O)[O-])c(-c2sccc2Cl)n1. The highest BCUT2D eigenvalue weighted by molar-refractivity contribution is 7.14. The number of thiophene rings is 1. The van der Waals surface area contributed by atoms with E-state index in [2.05, 4.69) is 15.3 Å². The van der Waals surface area contributed by atoms with E-state index in [1.807, 2.05) is 0 Å². The number of nitrogens with one attached hydrogen (secondary N) is 1. The van der Waals surface area contributed by atoms with Crippen LogP contribution < -0.4 is 5.32 Å². The Morgan fingerprint density at radius 1 is 1.59 bits per heavy atom. The smallest absolute Gasteiger partial charge is 0.314 e. The lowest BCUT2D eigenvalue weighted by Crippen LogP contribution is -2.01. The van der Waals surface area contributed by atoms with Gasteiger partial charge in [-0.05, 0) is 11.4 Å². The minimum absolute atomic E-state index is 0.159. The van der Waals surface area contributed by atoms with Crippen molar-refractivity contribution < 1.29 is 4.92 Å². The molecule has 6 nitrogen and oxygen atoms in total. The summed E-state index contributed by atoms with van der Waals surface area (Å²) in [5.41, 5.74) is 0.0719. The Labute approximate surface area is 105 Å². The fourth-order valence-corrected chi connectivity index (χ4v) is 2.40. The van der Waals surface area contributed by atoms with Crippen LogP contribution in [0, 0.1) is 10.1 Å². The molecule has 0 aliphatic carbocycles. The van der Waals surface area contributed by atoms with E-state index in [4.69, 9.17) is 11.6 Å².